The summed E-state index contributed by atoms with van der Waals surface area (Å²) in [6, 6.07) is 1.77. The number of rotatable bonds is 4. The van der Waals surface area contributed by atoms with Gasteiger partial charge in [0, 0.05) is 12.4 Å². The fourth-order valence-corrected chi connectivity index (χ4v) is 1.13. The van der Waals surface area contributed by atoms with Crippen LogP contribution in [-0.4, -0.2) is 41.1 Å². The van der Waals surface area contributed by atoms with Crippen molar-refractivity contribution in [1.82, 2.24) is 30.0 Å². The molecule has 8 nitrogen and oxygen atoms in total. The maximum absolute atomic E-state index is 10.5. The van der Waals surface area contributed by atoms with Gasteiger partial charge in [-0.05, 0) is 16.5 Å². The molecule has 1 N–H and O–H groups in total. The van der Waals surface area contributed by atoms with E-state index >= 15 is 0 Å². The van der Waals surface area contributed by atoms with Gasteiger partial charge in [0.15, 0.2) is 5.82 Å². The molecule has 0 saturated heterocycles. The van der Waals surface area contributed by atoms with E-state index in [0.29, 0.717) is 12.4 Å². The van der Waals surface area contributed by atoms with Crippen molar-refractivity contribution < 1.29 is 9.90 Å². The standard InChI is InChI=1S/C7H8N6O2/c14-7(15)5-13-6(9-10-11-13)4-12-3-1-2-8-12/h1-3H,4-5H2,(H,14,15). The van der Waals surface area contributed by atoms with Crippen LogP contribution in [-0.2, 0) is 17.9 Å². The fraction of sp³-hybridized carbons (Fsp3) is 0.286. The van der Waals surface area contributed by atoms with Crippen LogP contribution in [0.3, 0.4) is 0 Å². The summed E-state index contributed by atoms with van der Waals surface area (Å²) >= 11 is 0. The summed E-state index contributed by atoms with van der Waals surface area (Å²) in [5.74, 6) is -0.523. The highest BCUT2D eigenvalue weighted by Gasteiger charge is 2.09. The first-order valence-electron chi connectivity index (χ1n) is 4.20. The van der Waals surface area contributed by atoms with Crippen LogP contribution in [0.2, 0.25) is 0 Å². The van der Waals surface area contributed by atoms with E-state index in [2.05, 4.69) is 20.6 Å². The number of hydrogen-bond acceptors (Lipinski definition) is 5. The average molecular weight is 208 g/mol. The molecule has 0 aliphatic carbocycles. The Morgan fingerprint density at radius 2 is 2.40 bits per heavy atom. The lowest BCUT2D eigenvalue weighted by Crippen LogP contribution is -2.15. The third-order valence-electron chi connectivity index (χ3n) is 1.75. The van der Waals surface area contributed by atoms with Gasteiger partial charge in [-0.25, -0.2) is 4.68 Å². The van der Waals surface area contributed by atoms with E-state index in [1.165, 1.54) is 4.68 Å². The molecule has 78 valence electrons. The van der Waals surface area contributed by atoms with Crippen LogP contribution in [0.4, 0.5) is 0 Å². The van der Waals surface area contributed by atoms with Gasteiger partial charge in [-0.2, -0.15) is 5.10 Å². The highest BCUT2D eigenvalue weighted by atomic mass is 16.4. The molecule has 0 aliphatic rings. The highest BCUT2D eigenvalue weighted by molar-refractivity contribution is 5.66. The van der Waals surface area contributed by atoms with Crippen LogP contribution in [0.5, 0.6) is 0 Å². The minimum Gasteiger partial charge on any atom is -0.480 e. The molecule has 2 heterocycles. The first-order valence-corrected chi connectivity index (χ1v) is 4.20. The lowest BCUT2D eigenvalue weighted by Gasteiger charge is -2.01. The van der Waals surface area contributed by atoms with E-state index in [0.717, 1.165) is 0 Å². The second kappa shape index (κ2) is 3.86. The largest absolute Gasteiger partial charge is 0.480 e. The fourth-order valence-electron chi connectivity index (χ4n) is 1.13. The second-order valence-corrected chi connectivity index (χ2v) is 2.85. The van der Waals surface area contributed by atoms with Crippen molar-refractivity contribution >= 4 is 5.97 Å². The number of nitrogens with zero attached hydrogens (tertiary/aromatic N) is 6. The van der Waals surface area contributed by atoms with E-state index in [-0.39, 0.29) is 6.54 Å². The lowest BCUT2D eigenvalue weighted by atomic mass is 10.5. The summed E-state index contributed by atoms with van der Waals surface area (Å²) in [7, 11) is 0. The quantitative estimate of drug-likeness (QED) is 0.692. The second-order valence-electron chi connectivity index (χ2n) is 2.85. The first-order chi connectivity index (χ1) is 7.25. The zero-order valence-corrected chi connectivity index (χ0v) is 7.69. The Labute approximate surface area is 84.1 Å². The molecule has 0 aromatic carbocycles. The normalized spacial score (nSPS) is 10.4. The molecule has 2 aromatic heterocycles. The van der Waals surface area contributed by atoms with Gasteiger partial charge in [0.05, 0.1) is 0 Å². The average Bonchev–Trinajstić information content (AvgIpc) is 2.78. The minimum atomic E-state index is -0.982. The predicted molar refractivity (Wildman–Crippen MR) is 46.8 cm³/mol. The number of aliphatic carboxylic acids is 1. The molecule has 2 aromatic rings. The molecule has 0 saturated carbocycles. The van der Waals surface area contributed by atoms with Crippen LogP contribution in [0.15, 0.2) is 18.5 Å². The molecule has 0 unspecified atom stereocenters. The summed E-state index contributed by atoms with van der Waals surface area (Å²) in [6.45, 7) is 0.108. The van der Waals surface area contributed by atoms with Crippen molar-refractivity contribution in [2.45, 2.75) is 13.1 Å². The lowest BCUT2D eigenvalue weighted by molar-refractivity contribution is -0.138. The molecule has 0 spiro atoms. The van der Waals surface area contributed by atoms with E-state index in [1.807, 2.05) is 0 Å². The van der Waals surface area contributed by atoms with Crippen molar-refractivity contribution in [2.24, 2.45) is 0 Å². The number of hydrogen-bond donors (Lipinski definition) is 1. The van der Waals surface area contributed by atoms with Gasteiger partial charge >= 0.3 is 5.97 Å². The van der Waals surface area contributed by atoms with Gasteiger partial charge in [-0.1, -0.05) is 0 Å². The number of carboxylic acid groups (broad SMARTS) is 1. The zero-order valence-electron chi connectivity index (χ0n) is 7.69. The van der Waals surface area contributed by atoms with Crippen LogP contribution >= 0.6 is 0 Å². The molecule has 0 radical (unpaired) electrons. The number of tetrazole rings is 1. The SMILES string of the molecule is O=C(O)Cn1nnnc1Cn1cccn1. The summed E-state index contributed by atoms with van der Waals surface area (Å²) in [6.07, 6.45) is 3.38. The molecule has 8 heteroatoms. The number of carboxylic acids is 1. The third-order valence-corrected chi connectivity index (χ3v) is 1.75. The molecule has 0 bridgehead atoms. The van der Waals surface area contributed by atoms with Crippen molar-refractivity contribution in [3.63, 3.8) is 0 Å². The van der Waals surface area contributed by atoms with Gasteiger partial charge in [0.25, 0.3) is 0 Å². The third kappa shape index (κ3) is 2.16. The molecule has 0 amide bonds. The van der Waals surface area contributed by atoms with E-state index in [9.17, 15) is 4.79 Å². The van der Waals surface area contributed by atoms with Gasteiger partial charge in [-0.15, -0.1) is 5.10 Å². The summed E-state index contributed by atoms with van der Waals surface area (Å²) in [4.78, 5) is 10.5. The molecular formula is C7H8N6O2. The van der Waals surface area contributed by atoms with Crippen LogP contribution in [0.25, 0.3) is 0 Å². The van der Waals surface area contributed by atoms with Crippen molar-refractivity contribution in [1.29, 1.82) is 0 Å². The Morgan fingerprint density at radius 3 is 3.07 bits per heavy atom. The van der Waals surface area contributed by atoms with Crippen molar-refractivity contribution in [3.05, 3.63) is 24.3 Å². The predicted octanol–water partition coefficient (Wildman–Crippen LogP) is -0.998. The first kappa shape index (κ1) is 9.31. The Bertz CT molecular complexity index is 448. The molecule has 0 atom stereocenters. The summed E-state index contributed by atoms with van der Waals surface area (Å²) < 4.78 is 2.84. The topological polar surface area (TPSA) is 98.7 Å². The smallest absolute Gasteiger partial charge is 0.325 e. The van der Waals surface area contributed by atoms with Crippen molar-refractivity contribution in [3.8, 4) is 0 Å². The maximum atomic E-state index is 10.5. The summed E-state index contributed by atoms with van der Waals surface area (Å²) in [5, 5.41) is 23.3. The maximum Gasteiger partial charge on any atom is 0.325 e. The Morgan fingerprint density at radius 1 is 1.53 bits per heavy atom. The molecule has 0 aliphatic heterocycles. The molecule has 2 rings (SSSR count). The van der Waals surface area contributed by atoms with Gasteiger partial charge in [0.1, 0.15) is 13.1 Å². The minimum absolute atomic E-state index is 0.246. The number of carbonyl (C=O) groups is 1. The summed E-state index contributed by atoms with van der Waals surface area (Å²) in [5.41, 5.74) is 0. The van der Waals surface area contributed by atoms with E-state index < -0.39 is 5.97 Å². The van der Waals surface area contributed by atoms with Crippen LogP contribution in [0, 0.1) is 0 Å². The van der Waals surface area contributed by atoms with E-state index in [4.69, 9.17) is 5.11 Å². The highest BCUT2D eigenvalue weighted by Crippen LogP contribution is 1.96. The van der Waals surface area contributed by atoms with Gasteiger partial charge in [-0.3, -0.25) is 9.48 Å². The number of aromatic nitrogens is 6. The molecule has 15 heavy (non-hydrogen) atoms. The van der Waals surface area contributed by atoms with Gasteiger partial charge in [0.2, 0.25) is 0 Å². The Kier molecular flexibility index (Phi) is 2.40. The van der Waals surface area contributed by atoms with E-state index in [1.54, 1.807) is 23.1 Å². The van der Waals surface area contributed by atoms with Gasteiger partial charge < -0.3 is 5.11 Å². The van der Waals surface area contributed by atoms with Crippen LogP contribution < -0.4 is 0 Å². The molecular weight excluding hydrogens is 200 g/mol. The Hall–Kier alpha value is -2.25. The monoisotopic (exact) mass is 208 g/mol. The van der Waals surface area contributed by atoms with Crippen molar-refractivity contribution in [2.75, 3.05) is 0 Å². The zero-order chi connectivity index (χ0) is 10.7. The Balaban J connectivity index is 2.14. The van der Waals surface area contributed by atoms with Crippen LogP contribution in [0.1, 0.15) is 5.82 Å². The molecule has 0 fully saturated rings.